The fourth-order valence-corrected chi connectivity index (χ4v) is 4.89. The molecule has 1 aromatic heterocycles. The Balaban J connectivity index is 1.82. The van der Waals surface area contributed by atoms with Crippen LogP contribution in [0.2, 0.25) is 0 Å². The maximum Gasteiger partial charge on any atom is 0.250 e. The molecule has 1 amide bonds. The number of hydrogen-bond donors (Lipinski definition) is 1. The van der Waals surface area contributed by atoms with Gasteiger partial charge in [0.1, 0.15) is 10.3 Å². The Labute approximate surface area is 151 Å². The van der Waals surface area contributed by atoms with Crippen molar-refractivity contribution in [1.82, 2.24) is 9.62 Å². The van der Waals surface area contributed by atoms with E-state index in [4.69, 9.17) is 4.74 Å². The summed E-state index contributed by atoms with van der Waals surface area (Å²) in [7, 11) is -3.73. The normalized spacial score (nSPS) is 16.6. The summed E-state index contributed by atoms with van der Waals surface area (Å²) in [5.74, 6) is -0.215. The first kappa shape index (κ1) is 18.1. The number of ether oxygens (including phenoxy) is 1. The van der Waals surface area contributed by atoms with Gasteiger partial charge in [-0.25, -0.2) is 8.42 Å². The molecule has 0 radical (unpaired) electrons. The topological polar surface area (TPSA) is 75.7 Å². The van der Waals surface area contributed by atoms with Gasteiger partial charge in [0.15, 0.2) is 0 Å². The number of benzene rings is 1. The number of thiophene rings is 1. The molecule has 1 aliphatic heterocycles. The van der Waals surface area contributed by atoms with Crippen molar-refractivity contribution in [3.05, 3.63) is 53.4 Å². The third-order valence-electron chi connectivity index (χ3n) is 3.96. The number of carbonyl (C=O) groups excluding carboxylic acids is 1. The van der Waals surface area contributed by atoms with Crippen molar-refractivity contribution < 1.29 is 17.9 Å². The standard InChI is InChI=1S/C17H20N2O4S2/c20-17(19-8-10-23-11-9-19)15(13-14-5-2-1-3-6-14)18-25(21,22)16-7-4-12-24-16/h1-7,12,15,18H,8-11,13H2/t15-/m0/s1. The maximum absolute atomic E-state index is 12.9. The first-order chi connectivity index (χ1) is 12.1. The van der Waals surface area contributed by atoms with Gasteiger partial charge < -0.3 is 9.64 Å². The maximum atomic E-state index is 12.9. The van der Waals surface area contributed by atoms with Crippen molar-refractivity contribution in [3.63, 3.8) is 0 Å². The molecule has 8 heteroatoms. The van der Waals surface area contributed by atoms with Crippen molar-refractivity contribution in [1.29, 1.82) is 0 Å². The van der Waals surface area contributed by atoms with Crippen LogP contribution in [-0.4, -0.2) is 51.6 Å². The van der Waals surface area contributed by atoms with Gasteiger partial charge in [-0.1, -0.05) is 36.4 Å². The number of carbonyl (C=O) groups is 1. The molecule has 3 rings (SSSR count). The fourth-order valence-electron chi connectivity index (χ4n) is 2.70. The van der Waals surface area contributed by atoms with Crippen molar-refractivity contribution in [3.8, 4) is 0 Å². The summed E-state index contributed by atoms with van der Waals surface area (Å²) in [6, 6.07) is 11.8. The van der Waals surface area contributed by atoms with Crippen molar-refractivity contribution in [2.24, 2.45) is 0 Å². The van der Waals surface area contributed by atoms with Crippen molar-refractivity contribution in [2.75, 3.05) is 26.3 Å². The second kappa shape index (κ2) is 8.09. The minimum absolute atomic E-state index is 0.209. The van der Waals surface area contributed by atoms with Crippen LogP contribution in [0.1, 0.15) is 5.56 Å². The number of nitrogens with zero attached hydrogens (tertiary/aromatic N) is 1. The molecule has 0 aliphatic carbocycles. The molecule has 6 nitrogen and oxygen atoms in total. The van der Waals surface area contributed by atoms with Crippen molar-refractivity contribution in [2.45, 2.75) is 16.7 Å². The number of nitrogens with one attached hydrogen (secondary N) is 1. The highest BCUT2D eigenvalue weighted by atomic mass is 32.2. The molecule has 1 N–H and O–H groups in total. The highest BCUT2D eigenvalue weighted by Gasteiger charge is 2.30. The SMILES string of the molecule is O=C([C@H](Cc1ccccc1)NS(=O)(=O)c1cccs1)N1CCOCC1. The van der Waals surface area contributed by atoms with Gasteiger partial charge in [0.05, 0.1) is 13.2 Å². The Bertz CT molecular complexity index is 785. The van der Waals surface area contributed by atoms with Gasteiger partial charge in [-0.3, -0.25) is 4.79 Å². The van der Waals surface area contributed by atoms with E-state index in [9.17, 15) is 13.2 Å². The zero-order valence-electron chi connectivity index (χ0n) is 13.6. The second-order valence-electron chi connectivity index (χ2n) is 5.73. The summed E-state index contributed by atoms with van der Waals surface area (Å²) >= 11 is 1.13. The molecule has 1 aromatic carbocycles. The average molecular weight is 380 g/mol. The summed E-state index contributed by atoms with van der Waals surface area (Å²) in [5, 5.41) is 1.70. The Kier molecular flexibility index (Phi) is 5.85. The predicted molar refractivity (Wildman–Crippen MR) is 96.0 cm³/mol. The van der Waals surface area contributed by atoms with E-state index in [1.807, 2.05) is 30.3 Å². The van der Waals surface area contributed by atoms with Crippen LogP contribution < -0.4 is 4.72 Å². The molecule has 0 spiro atoms. The Morgan fingerprint density at radius 1 is 1.16 bits per heavy atom. The third kappa shape index (κ3) is 4.66. The summed E-state index contributed by atoms with van der Waals surface area (Å²) in [4.78, 5) is 14.6. The van der Waals surface area contributed by atoms with Gasteiger partial charge in [0.25, 0.3) is 10.0 Å². The van der Waals surface area contributed by atoms with E-state index in [-0.39, 0.29) is 10.1 Å². The number of hydrogen-bond acceptors (Lipinski definition) is 5. The van der Waals surface area contributed by atoms with E-state index in [2.05, 4.69) is 4.72 Å². The molecule has 1 atom stereocenters. The van der Waals surface area contributed by atoms with Crippen LogP contribution in [0.5, 0.6) is 0 Å². The van der Waals surface area contributed by atoms with E-state index < -0.39 is 16.1 Å². The van der Waals surface area contributed by atoms with Gasteiger partial charge in [-0.05, 0) is 23.4 Å². The quantitative estimate of drug-likeness (QED) is 0.824. The van der Waals surface area contributed by atoms with E-state index in [0.717, 1.165) is 16.9 Å². The predicted octanol–water partition coefficient (Wildman–Crippen LogP) is 1.50. The molecule has 0 saturated carbocycles. The minimum Gasteiger partial charge on any atom is -0.378 e. The van der Waals surface area contributed by atoms with Crippen LogP contribution in [0.15, 0.2) is 52.1 Å². The van der Waals surface area contributed by atoms with Gasteiger partial charge >= 0.3 is 0 Å². The summed E-state index contributed by atoms with van der Waals surface area (Å²) in [5.41, 5.74) is 0.906. The molecule has 25 heavy (non-hydrogen) atoms. The Morgan fingerprint density at radius 2 is 1.88 bits per heavy atom. The van der Waals surface area contributed by atoms with E-state index in [0.29, 0.717) is 32.7 Å². The molecule has 1 saturated heterocycles. The summed E-state index contributed by atoms with van der Waals surface area (Å²) in [6.07, 6.45) is 0.307. The molecule has 1 fully saturated rings. The van der Waals surface area contributed by atoms with Gasteiger partial charge in [0.2, 0.25) is 5.91 Å². The van der Waals surface area contributed by atoms with Gasteiger partial charge in [-0.15, -0.1) is 11.3 Å². The van der Waals surface area contributed by atoms with E-state index >= 15 is 0 Å². The largest absolute Gasteiger partial charge is 0.378 e. The fraction of sp³-hybridized carbons (Fsp3) is 0.353. The van der Waals surface area contributed by atoms with Gasteiger partial charge in [-0.2, -0.15) is 4.72 Å². The van der Waals surface area contributed by atoms with Crippen LogP contribution in [0.25, 0.3) is 0 Å². The lowest BCUT2D eigenvalue weighted by Gasteiger charge is -2.30. The molecule has 1 aliphatic rings. The summed E-state index contributed by atoms with van der Waals surface area (Å²) in [6.45, 7) is 1.90. The Hall–Kier alpha value is -1.74. The second-order valence-corrected chi connectivity index (χ2v) is 8.62. The lowest BCUT2D eigenvalue weighted by atomic mass is 10.1. The van der Waals surface area contributed by atoms with Crippen molar-refractivity contribution >= 4 is 27.3 Å². The minimum atomic E-state index is -3.73. The first-order valence-electron chi connectivity index (χ1n) is 8.02. The highest BCUT2D eigenvalue weighted by molar-refractivity contribution is 7.91. The summed E-state index contributed by atoms with van der Waals surface area (Å²) < 4.78 is 33.2. The number of rotatable bonds is 6. The van der Waals surface area contributed by atoms with Crippen LogP contribution in [0, 0.1) is 0 Å². The lowest BCUT2D eigenvalue weighted by Crippen LogP contribution is -2.52. The zero-order valence-corrected chi connectivity index (χ0v) is 15.3. The number of sulfonamides is 1. The Morgan fingerprint density at radius 3 is 2.52 bits per heavy atom. The molecule has 134 valence electrons. The molecule has 2 aromatic rings. The smallest absolute Gasteiger partial charge is 0.250 e. The van der Waals surface area contributed by atoms with Gasteiger partial charge in [0, 0.05) is 13.1 Å². The molecule has 2 heterocycles. The van der Waals surface area contributed by atoms with E-state index in [1.165, 1.54) is 6.07 Å². The monoisotopic (exact) mass is 380 g/mol. The number of morpholine rings is 1. The molecular weight excluding hydrogens is 360 g/mol. The molecule has 0 bridgehead atoms. The average Bonchev–Trinajstić information content (AvgIpc) is 3.18. The molecular formula is C17H20N2O4S2. The van der Waals surface area contributed by atoms with Crippen LogP contribution in [-0.2, 0) is 26.0 Å². The van der Waals surface area contributed by atoms with E-state index in [1.54, 1.807) is 16.3 Å². The number of amides is 1. The van der Waals surface area contributed by atoms with Crippen LogP contribution in [0.3, 0.4) is 0 Å². The third-order valence-corrected chi connectivity index (χ3v) is 6.83. The molecule has 0 unspecified atom stereocenters. The lowest BCUT2D eigenvalue weighted by molar-refractivity contribution is -0.137. The van der Waals surface area contributed by atoms with Crippen LogP contribution in [0.4, 0.5) is 0 Å². The highest BCUT2D eigenvalue weighted by Crippen LogP contribution is 2.17. The zero-order chi connectivity index (χ0) is 17.7. The van der Waals surface area contributed by atoms with Crippen LogP contribution >= 0.6 is 11.3 Å². The first-order valence-corrected chi connectivity index (χ1v) is 10.4.